The van der Waals surface area contributed by atoms with Gasteiger partial charge in [0, 0.05) is 13.1 Å². The van der Waals surface area contributed by atoms with Crippen LogP contribution in [0.5, 0.6) is 0 Å². The summed E-state index contributed by atoms with van der Waals surface area (Å²) in [6, 6.07) is 8.56. The molecule has 1 aliphatic heterocycles. The lowest BCUT2D eigenvalue weighted by molar-refractivity contribution is -0.0913. The Bertz CT molecular complexity index is 435. The normalized spacial score (nSPS) is 28.5. The largest absolute Gasteiger partial charge is 0.390 e. The third kappa shape index (κ3) is 2.69. The Kier molecular flexibility index (Phi) is 3.87. The minimum absolute atomic E-state index is 0.0125. The molecule has 3 unspecified atom stereocenters. The van der Waals surface area contributed by atoms with Gasteiger partial charge in [-0.1, -0.05) is 31.2 Å². The molecule has 0 bridgehead atoms. The van der Waals surface area contributed by atoms with Crippen LogP contribution in [-0.4, -0.2) is 48.5 Å². The zero-order valence-corrected chi connectivity index (χ0v) is 11.6. The molecule has 3 atom stereocenters. The van der Waals surface area contributed by atoms with Crippen LogP contribution in [0.15, 0.2) is 24.3 Å². The van der Waals surface area contributed by atoms with Gasteiger partial charge in [0.2, 0.25) is 0 Å². The first-order valence-electron chi connectivity index (χ1n) is 7.37. The van der Waals surface area contributed by atoms with Gasteiger partial charge in [0.15, 0.2) is 0 Å². The Hall–Kier alpha value is -0.900. The van der Waals surface area contributed by atoms with Crippen molar-refractivity contribution < 1.29 is 9.84 Å². The monoisotopic (exact) mass is 261 g/mol. The number of aliphatic hydroxyl groups excluding tert-OH is 1. The van der Waals surface area contributed by atoms with Crippen LogP contribution < -0.4 is 0 Å². The van der Waals surface area contributed by atoms with E-state index in [4.69, 9.17) is 4.74 Å². The summed E-state index contributed by atoms with van der Waals surface area (Å²) in [6.45, 7) is 5.81. The third-order valence-electron chi connectivity index (χ3n) is 4.54. The van der Waals surface area contributed by atoms with Crippen molar-refractivity contribution in [3.63, 3.8) is 0 Å². The molecule has 0 aromatic heterocycles. The summed E-state index contributed by atoms with van der Waals surface area (Å²) in [5, 5.41) is 10.4. The lowest BCUT2D eigenvalue weighted by Crippen LogP contribution is -2.48. The average Bonchev–Trinajstić information content (AvgIpc) is 2.44. The number of morpholine rings is 1. The molecule has 0 amide bonds. The van der Waals surface area contributed by atoms with Gasteiger partial charge in [0.1, 0.15) is 0 Å². The highest BCUT2D eigenvalue weighted by molar-refractivity contribution is 5.39. The number of hydrogen-bond acceptors (Lipinski definition) is 3. The molecule has 3 nitrogen and oxygen atoms in total. The zero-order chi connectivity index (χ0) is 13.2. The summed E-state index contributed by atoms with van der Waals surface area (Å²) < 4.78 is 5.74. The Morgan fingerprint density at radius 1 is 1.42 bits per heavy atom. The highest BCUT2D eigenvalue weighted by Crippen LogP contribution is 2.38. The van der Waals surface area contributed by atoms with Crippen LogP contribution in [0.2, 0.25) is 0 Å². The number of nitrogens with zero attached hydrogens (tertiary/aromatic N) is 1. The maximum Gasteiger partial charge on any atom is 0.0961 e. The number of hydrogen-bond donors (Lipinski definition) is 1. The van der Waals surface area contributed by atoms with Crippen LogP contribution in [0.4, 0.5) is 0 Å². The van der Waals surface area contributed by atoms with Crippen LogP contribution >= 0.6 is 0 Å². The molecular formula is C16H23NO2. The molecular weight excluding hydrogens is 238 g/mol. The van der Waals surface area contributed by atoms with Gasteiger partial charge in [-0.15, -0.1) is 0 Å². The molecule has 0 spiro atoms. The smallest absolute Gasteiger partial charge is 0.0961 e. The summed E-state index contributed by atoms with van der Waals surface area (Å²) in [6.07, 6.45) is 1.59. The van der Waals surface area contributed by atoms with E-state index in [1.807, 2.05) is 0 Å². The first-order valence-corrected chi connectivity index (χ1v) is 7.37. The summed E-state index contributed by atoms with van der Waals surface area (Å²) in [5.74, 6) is 0.520. The van der Waals surface area contributed by atoms with Gasteiger partial charge in [-0.2, -0.15) is 0 Å². The number of fused-ring (bicyclic) bond motifs is 1. The molecule has 1 aromatic carbocycles. The Morgan fingerprint density at radius 3 is 3.05 bits per heavy atom. The first-order chi connectivity index (χ1) is 9.28. The standard InChI is InChI=1S/C16H23NO2/c1-2-17-7-8-19-16(11-17)15(18)10-13-9-12-5-3-4-6-14(12)13/h3-6,13,15-16,18H,2,7-11H2,1H3. The van der Waals surface area contributed by atoms with Crippen molar-refractivity contribution in [3.8, 4) is 0 Å². The van der Waals surface area contributed by atoms with Gasteiger partial charge in [0.25, 0.3) is 0 Å². The van der Waals surface area contributed by atoms with Crippen molar-refractivity contribution in [1.82, 2.24) is 4.90 Å². The van der Waals surface area contributed by atoms with Gasteiger partial charge >= 0.3 is 0 Å². The van der Waals surface area contributed by atoms with Gasteiger partial charge in [-0.3, -0.25) is 4.90 Å². The number of aliphatic hydroxyl groups is 1. The zero-order valence-electron chi connectivity index (χ0n) is 11.6. The van der Waals surface area contributed by atoms with Gasteiger partial charge in [-0.05, 0) is 36.4 Å². The Balaban J connectivity index is 1.56. The van der Waals surface area contributed by atoms with Crippen molar-refractivity contribution in [2.24, 2.45) is 0 Å². The lowest BCUT2D eigenvalue weighted by atomic mass is 9.74. The second-order valence-corrected chi connectivity index (χ2v) is 5.71. The van der Waals surface area contributed by atoms with E-state index in [0.29, 0.717) is 5.92 Å². The van der Waals surface area contributed by atoms with E-state index in [2.05, 4.69) is 36.1 Å². The van der Waals surface area contributed by atoms with Crippen LogP contribution in [0, 0.1) is 0 Å². The first kappa shape index (κ1) is 13.1. The fraction of sp³-hybridized carbons (Fsp3) is 0.625. The van der Waals surface area contributed by atoms with E-state index >= 15 is 0 Å². The van der Waals surface area contributed by atoms with Crippen molar-refractivity contribution in [3.05, 3.63) is 35.4 Å². The van der Waals surface area contributed by atoms with Crippen LogP contribution in [0.25, 0.3) is 0 Å². The molecule has 3 heteroatoms. The van der Waals surface area contributed by atoms with Gasteiger partial charge < -0.3 is 9.84 Å². The van der Waals surface area contributed by atoms with E-state index in [1.54, 1.807) is 0 Å². The summed E-state index contributed by atoms with van der Waals surface area (Å²) in [7, 11) is 0. The molecule has 104 valence electrons. The number of ether oxygens (including phenoxy) is 1. The van der Waals surface area contributed by atoms with Crippen LogP contribution in [0.3, 0.4) is 0 Å². The van der Waals surface area contributed by atoms with Crippen molar-refractivity contribution in [2.45, 2.75) is 37.9 Å². The molecule has 2 aliphatic rings. The average molecular weight is 261 g/mol. The number of benzene rings is 1. The van der Waals surface area contributed by atoms with Crippen molar-refractivity contribution >= 4 is 0 Å². The van der Waals surface area contributed by atoms with Crippen LogP contribution in [-0.2, 0) is 11.2 Å². The topological polar surface area (TPSA) is 32.7 Å². The van der Waals surface area contributed by atoms with E-state index in [-0.39, 0.29) is 12.2 Å². The highest BCUT2D eigenvalue weighted by Gasteiger charge is 2.32. The molecule has 0 radical (unpaired) electrons. The quantitative estimate of drug-likeness (QED) is 0.897. The molecule has 19 heavy (non-hydrogen) atoms. The third-order valence-corrected chi connectivity index (χ3v) is 4.54. The fourth-order valence-electron chi connectivity index (χ4n) is 3.27. The number of rotatable bonds is 4. The SMILES string of the molecule is CCN1CCOC(C(O)CC2Cc3ccccc32)C1. The lowest BCUT2D eigenvalue weighted by Gasteiger charge is -2.37. The molecule has 1 N–H and O–H groups in total. The van der Waals surface area contributed by atoms with E-state index in [9.17, 15) is 5.11 Å². The second-order valence-electron chi connectivity index (χ2n) is 5.71. The molecule has 1 aromatic rings. The fourth-order valence-corrected chi connectivity index (χ4v) is 3.27. The van der Waals surface area contributed by atoms with E-state index in [0.717, 1.165) is 39.1 Å². The molecule has 3 rings (SSSR count). The predicted octanol–water partition coefficient (Wildman–Crippen LogP) is 1.80. The summed E-state index contributed by atoms with van der Waals surface area (Å²) >= 11 is 0. The summed E-state index contributed by atoms with van der Waals surface area (Å²) in [5.41, 5.74) is 2.86. The minimum Gasteiger partial charge on any atom is -0.390 e. The molecule has 1 aliphatic carbocycles. The van der Waals surface area contributed by atoms with Crippen LogP contribution in [0.1, 0.15) is 30.4 Å². The van der Waals surface area contributed by atoms with Crippen molar-refractivity contribution in [2.75, 3.05) is 26.2 Å². The molecule has 1 saturated heterocycles. The summed E-state index contributed by atoms with van der Waals surface area (Å²) in [4.78, 5) is 2.35. The van der Waals surface area contributed by atoms with Gasteiger partial charge in [0.05, 0.1) is 18.8 Å². The van der Waals surface area contributed by atoms with Crippen molar-refractivity contribution in [1.29, 1.82) is 0 Å². The molecule has 1 heterocycles. The maximum atomic E-state index is 10.4. The van der Waals surface area contributed by atoms with E-state index in [1.165, 1.54) is 11.1 Å². The predicted molar refractivity (Wildman–Crippen MR) is 75.4 cm³/mol. The molecule has 0 saturated carbocycles. The minimum atomic E-state index is -0.340. The Labute approximate surface area is 115 Å². The molecule has 1 fully saturated rings. The number of likely N-dealkylation sites (N-methyl/N-ethyl adjacent to an activating group) is 1. The second kappa shape index (κ2) is 5.61. The Morgan fingerprint density at radius 2 is 2.26 bits per heavy atom. The highest BCUT2D eigenvalue weighted by atomic mass is 16.5. The van der Waals surface area contributed by atoms with E-state index < -0.39 is 0 Å². The maximum absolute atomic E-state index is 10.4. The van der Waals surface area contributed by atoms with Gasteiger partial charge in [-0.25, -0.2) is 0 Å².